The molecule has 0 spiro atoms. The number of nitrogens with one attached hydrogen (secondary N) is 1. The number of fused-ring (bicyclic) bond motifs is 1. The first kappa shape index (κ1) is 18.2. The van der Waals surface area contributed by atoms with E-state index in [0.29, 0.717) is 30.0 Å². The van der Waals surface area contributed by atoms with E-state index in [4.69, 9.17) is 0 Å². The van der Waals surface area contributed by atoms with E-state index in [1.807, 2.05) is 13.8 Å². The number of hydrogen-bond donors (Lipinski definition) is 1. The van der Waals surface area contributed by atoms with E-state index < -0.39 is 6.04 Å². The molecular weight excluding hydrogens is 304 g/mol. The molecule has 0 aliphatic carbocycles. The first-order valence-electron chi connectivity index (χ1n) is 8.57. The molecule has 1 aliphatic heterocycles. The van der Waals surface area contributed by atoms with Gasteiger partial charge in [0, 0.05) is 6.54 Å². The van der Waals surface area contributed by atoms with Crippen LogP contribution in [0.15, 0.2) is 24.3 Å². The Morgan fingerprint density at radius 2 is 1.54 bits per heavy atom. The molecule has 130 valence electrons. The van der Waals surface area contributed by atoms with Gasteiger partial charge in [-0.2, -0.15) is 0 Å². The Morgan fingerprint density at radius 1 is 1.00 bits per heavy atom. The minimum atomic E-state index is -0.760. The van der Waals surface area contributed by atoms with Crippen molar-refractivity contribution in [2.75, 3.05) is 6.54 Å². The summed E-state index contributed by atoms with van der Waals surface area (Å²) in [6.45, 7) is 8.68. The van der Waals surface area contributed by atoms with Crippen molar-refractivity contribution in [3.63, 3.8) is 0 Å². The van der Waals surface area contributed by atoms with E-state index in [9.17, 15) is 14.4 Å². The van der Waals surface area contributed by atoms with Gasteiger partial charge in [0.25, 0.3) is 11.8 Å². The van der Waals surface area contributed by atoms with Crippen molar-refractivity contribution in [2.24, 2.45) is 11.8 Å². The molecule has 1 aromatic rings. The Hall–Kier alpha value is -2.17. The van der Waals surface area contributed by atoms with Crippen molar-refractivity contribution < 1.29 is 14.4 Å². The van der Waals surface area contributed by atoms with E-state index in [2.05, 4.69) is 19.2 Å². The first-order chi connectivity index (χ1) is 11.3. The monoisotopic (exact) mass is 330 g/mol. The fraction of sp³-hybridized carbons (Fsp3) is 0.526. The van der Waals surface area contributed by atoms with Crippen molar-refractivity contribution in [1.82, 2.24) is 10.2 Å². The van der Waals surface area contributed by atoms with Gasteiger partial charge in [-0.05, 0) is 36.8 Å². The topological polar surface area (TPSA) is 66.5 Å². The van der Waals surface area contributed by atoms with Crippen molar-refractivity contribution in [3.8, 4) is 0 Å². The van der Waals surface area contributed by atoms with Crippen LogP contribution in [0.4, 0.5) is 0 Å². The molecule has 0 unspecified atom stereocenters. The summed E-state index contributed by atoms with van der Waals surface area (Å²) in [4.78, 5) is 39.0. The zero-order valence-corrected chi connectivity index (χ0v) is 14.8. The van der Waals surface area contributed by atoms with Gasteiger partial charge in [-0.25, -0.2) is 0 Å². The number of carbonyl (C=O) groups is 3. The van der Waals surface area contributed by atoms with Crippen LogP contribution in [-0.4, -0.2) is 35.2 Å². The number of amides is 3. The van der Waals surface area contributed by atoms with Crippen LogP contribution >= 0.6 is 0 Å². The van der Waals surface area contributed by atoms with Gasteiger partial charge in [0.2, 0.25) is 5.91 Å². The highest BCUT2D eigenvalue weighted by Gasteiger charge is 2.42. The van der Waals surface area contributed by atoms with E-state index in [1.165, 1.54) is 0 Å². The lowest BCUT2D eigenvalue weighted by molar-refractivity contribution is -0.125. The number of hydrogen-bond acceptors (Lipinski definition) is 3. The molecule has 2 rings (SSSR count). The third-order valence-electron chi connectivity index (χ3n) is 4.16. The van der Waals surface area contributed by atoms with Gasteiger partial charge in [-0.3, -0.25) is 19.3 Å². The molecule has 0 saturated heterocycles. The number of carbonyl (C=O) groups excluding carboxylic acids is 3. The maximum Gasteiger partial charge on any atom is 0.262 e. The largest absolute Gasteiger partial charge is 0.354 e. The van der Waals surface area contributed by atoms with Crippen molar-refractivity contribution in [1.29, 1.82) is 0 Å². The van der Waals surface area contributed by atoms with E-state index in [-0.39, 0.29) is 23.6 Å². The number of benzene rings is 1. The zero-order valence-electron chi connectivity index (χ0n) is 14.8. The highest BCUT2D eigenvalue weighted by atomic mass is 16.2. The summed E-state index contributed by atoms with van der Waals surface area (Å²) in [6, 6.07) is 5.98. The van der Waals surface area contributed by atoms with Crippen LogP contribution in [0.1, 0.15) is 61.3 Å². The van der Waals surface area contributed by atoms with Crippen LogP contribution in [0.25, 0.3) is 0 Å². The van der Waals surface area contributed by atoms with Crippen molar-refractivity contribution >= 4 is 17.7 Å². The van der Waals surface area contributed by atoms with Crippen LogP contribution < -0.4 is 5.32 Å². The second-order valence-corrected chi connectivity index (χ2v) is 7.14. The van der Waals surface area contributed by atoms with Crippen LogP contribution in [0, 0.1) is 11.8 Å². The Labute approximate surface area is 143 Å². The second-order valence-electron chi connectivity index (χ2n) is 7.14. The van der Waals surface area contributed by atoms with E-state index in [1.54, 1.807) is 24.3 Å². The summed E-state index contributed by atoms with van der Waals surface area (Å²) in [5.74, 6) is -0.331. The molecule has 24 heavy (non-hydrogen) atoms. The third-order valence-corrected chi connectivity index (χ3v) is 4.16. The van der Waals surface area contributed by atoms with E-state index >= 15 is 0 Å². The second kappa shape index (κ2) is 7.60. The fourth-order valence-corrected chi connectivity index (χ4v) is 2.87. The van der Waals surface area contributed by atoms with Gasteiger partial charge in [-0.15, -0.1) is 0 Å². The zero-order chi connectivity index (χ0) is 17.9. The summed E-state index contributed by atoms with van der Waals surface area (Å²) in [5.41, 5.74) is 0.762. The summed E-state index contributed by atoms with van der Waals surface area (Å²) < 4.78 is 0. The lowest BCUT2D eigenvalue weighted by atomic mass is 10.0. The van der Waals surface area contributed by atoms with Crippen LogP contribution in [0.2, 0.25) is 0 Å². The van der Waals surface area contributed by atoms with Crippen LogP contribution in [-0.2, 0) is 4.79 Å². The number of imide groups is 1. The molecular formula is C19H26N2O3. The van der Waals surface area contributed by atoms with Crippen LogP contribution in [0.3, 0.4) is 0 Å². The Kier molecular flexibility index (Phi) is 5.75. The highest BCUT2D eigenvalue weighted by molar-refractivity contribution is 6.22. The molecule has 1 aliphatic rings. The SMILES string of the molecule is CC(C)CCNC(=O)[C@@H](CC(C)C)N1C(=O)c2ccccc2C1=O. The maximum atomic E-state index is 12.6. The van der Waals surface area contributed by atoms with Crippen molar-refractivity contribution in [2.45, 2.75) is 46.6 Å². The summed E-state index contributed by atoms with van der Waals surface area (Å²) in [6.07, 6.45) is 1.32. The first-order valence-corrected chi connectivity index (χ1v) is 8.57. The van der Waals surface area contributed by atoms with E-state index in [0.717, 1.165) is 11.3 Å². The Balaban J connectivity index is 2.21. The van der Waals surface area contributed by atoms with Crippen LogP contribution in [0.5, 0.6) is 0 Å². The Morgan fingerprint density at radius 3 is 2.00 bits per heavy atom. The minimum absolute atomic E-state index is 0.190. The molecule has 1 atom stereocenters. The summed E-state index contributed by atoms with van der Waals surface area (Å²) >= 11 is 0. The molecule has 5 heteroatoms. The molecule has 1 aromatic carbocycles. The molecule has 0 radical (unpaired) electrons. The average Bonchev–Trinajstić information content (AvgIpc) is 2.76. The summed E-state index contributed by atoms with van der Waals surface area (Å²) in [7, 11) is 0. The summed E-state index contributed by atoms with van der Waals surface area (Å²) in [5, 5.41) is 2.88. The predicted octanol–water partition coefficient (Wildman–Crippen LogP) is 2.86. The molecule has 1 heterocycles. The molecule has 3 amide bonds. The predicted molar refractivity (Wildman–Crippen MR) is 92.6 cm³/mol. The Bertz CT molecular complexity index is 602. The van der Waals surface area contributed by atoms with Gasteiger partial charge in [0.05, 0.1) is 11.1 Å². The molecule has 1 N–H and O–H groups in total. The molecule has 5 nitrogen and oxygen atoms in total. The lowest BCUT2D eigenvalue weighted by Crippen LogP contribution is -2.50. The third kappa shape index (κ3) is 3.83. The quantitative estimate of drug-likeness (QED) is 0.782. The minimum Gasteiger partial charge on any atom is -0.354 e. The molecule has 0 fully saturated rings. The molecule has 0 saturated carbocycles. The maximum absolute atomic E-state index is 12.6. The fourth-order valence-electron chi connectivity index (χ4n) is 2.87. The standard InChI is InChI=1S/C19H26N2O3/c1-12(2)9-10-20-17(22)16(11-13(3)4)21-18(23)14-7-5-6-8-15(14)19(21)24/h5-8,12-13,16H,9-11H2,1-4H3,(H,20,22)/t16-/m1/s1. The number of nitrogens with zero attached hydrogens (tertiary/aromatic N) is 1. The average molecular weight is 330 g/mol. The van der Waals surface area contributed by atoms with Gasteiger partial charge in [0.1, 0.15) is 6.04 Å². The smallest absolute Gasteiger partial charge is 0.262 e. The van der Waals surface area contributed by atoms with Crippen molar-refractivity contribution in [3.05, 3.63) is 35.4 Å². The van der Waals surface area contributed by atoms with Gasteiger partial charge in [-0.1, -0.05) is 39.8 Å². The number of rotatable bonds is 7. The van der Waals surface area contributed by atoms with Gasteiger partial charge < -0.3 is 5.32 Å². The highest BCUT2D eigenvalue weighted by Crippen LogP contribution is 2.27. The molecule has 0 bridgehead atoms. The lowest BCUT2D eigenvalue weighted by Gasteiger charge is -2.27. The normalized spacial score (nSPS) is 15.2. The van der Waals surface area contributed by atoms with Gasteiger partial charge in [0.15, 0.2) is 0 Å². The van der Waals surface area contributed by atoms with Gasteiger partial charge >= 0.3 is 0 Å². The molecule has 0 aromatic heterocycles.